The number of aliphatic hydroxyl groups is 2. The van der Waals surface area contributed by atoms with E-state index in [4.69, 9.17) is 4.74 Å². The summed E-state index contributed by atoms with van der Waals surface area (Å²) in [5.41, 5.74) is 1.99. The standard InChI is InChI=1S/C21H29N3O3/c1-27-21-16(12-15-4-2-3-5-18(15)22-21)13-23-9-8-19(20(26)14-23)24-10-6-17(25)7-11-24/h2-5,12,17,19-20,25-26H,6-11,13-14H2,1H3/t19-,20-/m1/s1. The molecule has 4 rings (SSSR count). The van der Waals surface area contributed by atoms with Crippen LogP contribution in [0.15, 0.2) is 30.3 Å². The number of hydrogen-bond donors (Lipinski definition) is 2. The molecule has 2 saturated heterocycles. The zero-order valence-corrected chi connectivity index (χ0v) is 15.9. The number of aliphatic hydroxyl groups excluding tert-OH is 2. The number of methoxy groups -OCH3 is 1. The van der Waals surface area contributed by atoms with Gasteiger partial charge in [-0.3, -0.25) is 9.80 Å². The van der Waals surface area contributed by atoms with E-state index in [-0.39, 0.29) is 18.2 Å². The average Bonchev–Trinajstić information content (AvgIpc) is 2.68. The third kappa shape index (κ3) is 4.09. The molecule has 6 nitrogen and oxygen atoms in total. The summed E-state index contributed by atoms with van der Waals surface area (Å²) in [4.78, 5) is 9.27. The molecule has 0 spiro atoms. The van der Waals surface area contributed by atoms with E-state index in [0.717, 1.165) is 61.9 Å². The Labute approximate surface area is 160 Å². The van der Waals surface area contributed by atoms with Crippen molar-refractivity contribution < 1.29 is 14.9 Å². The van der Waals surface area contributed by atoms with Gasteiger partial charge in [0.25, 0.3) is 0 Å². The SMILES string of the molecule is COc1nc2ccccc2cc1CN1CC[C@@H](N2CCC(O)CC2)[C@H](O)C1. The summed E-state index contributed by atoms with van der Waals surface area (Å²) in [6.07, 6.45) is 2.03. The van der Waals surface area contributed by atoms with E-state index >= 15 is 0 Å². The summed E-state index contributed by atoms with van der Waals surface area (Å²) in [6.45, 7) is 4.08. The van der Waals surface area contributed by atoms with Gasteiger partial charge in [0.05, 0.1) is 24.8 Å². The van der Waals surface area contributed by atoms with Crippen molar-refractivity contribution in [3.8, 4) is 5.88 Å². The Kier molecular flexibility index (Phi) is 5.59. The van der Waals surface area contributed by atoms with Gasteiger partial charge in [-0.1, -0.05) is 18.2 Å². The van der Waals surface area contributed by atoms with Crippen LogP contribution in [0.25, 0.3) is 10.9 Å². The number of benzene rings is 1. The van der Waals surface area contributed by atoms with Crippen molar-refractivity contribution in [2.75, 3.05) is 33.3 Å². The van der Waals surface area contributed by atoms with Crippen LogP contribution in [0.4, 0.5) is 0 Å². The summed E-state index contributed by atoms with van der Waals surface area (Å²) in [5.74, 6) is 0.662. The van der Waals surface area contributed by atoms with Crippen LogP contribution in [0, 0.1) is 0 Å². The lowest BCUT2D eigenvalue weighted by molar-refractivity contribution is -0.0356. The van der Waals surface area contributed by atoms with E-state index in [2.05, 4.69) is 26.9 Å². The zero-order valence-electron chi connectivity index (χ0n) is 15.9. The van der Waals surface area contributed by atoms with Crippen molar-refractivity contribution in [3.63, 3.8) is 0 Å². The molecule has 0 radical (unpaired) electrons. The van der Waals surface area contributed by atoms with Gasteiger partial charge in [-0.15, -0.1) is 0 Å². The second-order valence-electron chi connectivity index (χ2n) is 7.78. The van der Waals surface area contributed by atoms with Gasteiger partial charge in [-0.25, -0.2) is 4.98 Å². The molecule has 2 aliphatic rings. The first-order valence-electron chi connectivity index (χ1n) is 9.89. The Morgan fingerprint density at radius 3 is 2.63 bits per heavy atom. The lowest BCUT2D eigenvalue weighted by Gasteiger charge is -2.43. The van der Waals surface area contributed by atoms with Crippen LogP contribution in [-0.2, 0) is 6.54 Å². The molecule has 2 aromatic rings. The van der Waals surface area contributed by atoms with E-state index in [1.54, 1.807) is 7.11 Å². The second kappa shape index (κ2) is 8.10. The van der Waals surface area contributed by atoms with E-state index in [0.29, 0.717) is 12.4 Å². The number of pyridine rings is 1. The highest BCUT2D eigenvalue weighted by molar-refractivity contribution is 5.80. The highest BCUT2D eigenvalue weighted by Gasteiger charge is 2.34. The maximum Gasteiger partial charge on any atom is 0.218 e. The molecule has 2 N–H and O–H groups in total. The molecule has 0 unspecified atom stereocenters. The largest absolute Gasteiger partial charge is 0.481 e. The number of para-hydroxylation sites is 1. The summed E-state index contributed by atoms with van der Waals surface area (Å²) in [6, 6.07) is 10.4. The number of likely N-dealkylation sites (tertiary alicyclic amines) is 2. The molecule has 0 bridgehead atoms. The van der Waals surface area contributed by atoms with Gasteiger partial charge in [0.2, 0.25) is 5.88 Å². The molecule has 2 aliphatic heterocycles. The Hall–Kier alpha value is -1.73. The van der Waals surface area contributed by atoms with Crippen molar-refractivity contribution in [2.45, 2.75) is 44.1 Å². The maximum absolute atomic E-state index is 10.7. The molecular formula is C21H29N3O3. The van der Waals surface area contributed by atoms with E-state index in [1.165, 1.54) is 0 Å². The molecule has 2 atom stereocenters. The van der Waals surface area contributed by atoms with Crippen LogP contribution in [0.5, 0.6) is 5.88 Å². The molecular weight excluding hydrogens is 342 g/mol. The highest BCUT2D eigenvalue weighted by Crippen LogP contribution is 2.26. The van der Waals surface area contributed by atoms with Gasteiger partial charge in [0.15, 0.2) is 0 Å². The first kappa shape index (κ1) is 18.6. The molecule has 1 aromatic carbocycles. The Balaban J connectivity index is 1.43. The predicted molar refractivity (Wildman–Crippen MR) is 105 cm³/mol. The number of nitrogens with zero attached hydrogens (tertiary/aromatic N) is 3. The van der Waals surface area contributed by atoms with Crippen LogP contribution >= 0.6 is 0 Å². The number of rotatable bonds is 4. The maximum atomic E-state index is 10.7. The topological polar surface area (TPSA) is 69.1 Å². The van der Waals surface area contributed by atoms with Crippen molar-refractivity contribution >= 4 is 10.9 Å². The van der Waals surface area contributed by atoms with Gasteiger partial charge in [0, 0.05) is 49.7 Å². The van der Waals surface area contributed by atoms with Gasteiger partial charge in [0.1, 0.15) is 0 Å². The Morgan fingerprint density at radius 2 is 1.89 bits per heavy atom. The van der Waals surface area contributed by atoms with Crippen molar-refractivity contribution in [1.29, 1.82) is 0 Å². The molecule has 146 valence electrons. The summed E-state index contributed by atoms with van der Waals surface area (Å²) >= 11 is 0. The lowest BCUT2D eigenvalue weighted by Crippen LogP contribution is -2.55. The van der Waals surface area contributed by atoms with Gasteiger partial charge in [-0.05, 0) is 31.4 Å². The van der Waals surface area contributed by atoms with Crippen LogP contribution in [-0.4, -0.2) is 76.5 Å². The van der Waals surface area contributed by atoms with E-state index in [9.17, 15) is 10.2 Å². The van der Waals surface area contributed by atoms with E-state index < -0.39 is 0 Å². The number of aromatic nitrogens is 1. The number of fused-ring (bicyclic) bond motifs is 1. The Morgan fingerprint density at radius 1 is 1.11 bits per heavy atom. The third-order valence-corrected chi connectivity index (χ3v) is 5.95. The van der Waals surface area contributed by atoms with Crippen LogP contribution < -0.4 is 4.74 Å². The van der Waals surface area contributed by atoms with Gasteiger partial charge < -0.3 is 14.9 Å². The third-order valence-electron chi connectivity index (χ3n) is 5.95. The normalized spacial score (nSPS) is 25.7. The number of ether oxygens (including phenoxy) is 1. The van der Waals surface area contributed by atoms with Crippen LogP contribution in [0.2, 0.25) is 0 Å². The van der Waals surface area contributed by atoms with Gasteiger partial charge >= 0.3 is 0 Å². The second-order valence-corrected chi connectivity index (χ2v) is 7.78. The summed E-state index contributed by atoms with van der Waals surface area (Å²) < 4.78 is 5.52. The van der Waals surface area contributed by atoms with Crippen molar-refractivity contribution in [1.82, 2.24) is 14.8 Å². The predicted octanol–water partition coefficient (Wildman–Crippen LogP) is 1.64. The Bertz CT molecular complexity index is 776. The molecule has 0 aliphatic carbocycles. The minimum Gasteiger partial charge on any atom is -0.481 e. The summed E-state index contributed by atoms with van der Waals surface area (Å²) in [7, 11) is 1.66. The van der Waals surface area contributed by atoms with Crippen molar-refractivity contribution in [2.24, 2.45) is 0 Å². The first-order chi connectivity index (χ1) is 13.1. The van der Waals surface area contributed by atoms with Crippen LogP contribution in [0.1, 0.15) is 24.8 Å². The first-order valence-corrected chi connectivity index (χ1v) is 9.89. The highest BCUT2D eigenvalue weighted by atomic mass is 16.5. The molecule has 3 heterocycles. The molecule has 6 heteroatoms. The number of hydrogen-bond acceptors (Lipinski definition) is 6. The molecule has 2 fully saturated rings. The van der Waals surface area contributed by atoms with Crippen LogP contribution in [0.3, 0.4) is 0 Å². The molecule has 27 heavy (non-hydrogen) atoms. The minimum absolute atomic E-state index is 0.175. The minimum atomic E-state index is -0.367. The van der Waals surface area contributed by atoms with E-state index in [1.807, 2.05) is 18.2 Å². The molecule has 1 aromatic heterocycles. The van der Waals surface area contributed by atoms with Crippen molar-refractivity contribution in [3.05, 3.63) is 35.9 Å². The fourth-order valence-corrected chi connectivity index (χ4v) is 4.44. The lowest BCUT2D eigenvalue weighted by atomic mass is 9.96. The number of β-amino-alcohol motifs (C(OH)–C–C–N with tert-alkyl or cyclic N) is 1. The average molecular weight is 371 g/mol. The monoisotopic (exact) mass is 371 g/mol. The number of piperidine rings is 2. The summed E-state index contributed by atoms with van der Waals surface area (Å²) in [5, 5.41) is 21.6. The molecule has 0 saturated carbocycles. The fourth-order valence-electron chi connectivity index (χ4n) is 4.44. The smallest absolute Gasteiger partial charge is 0.218 e. The fraction of sp³-hybridized carbons (Fsp3) is 0.571. The quantitative estimate of drug-likeness (QED) is 0.852. The zero-order chi connectivity index (χ0) is 18.8. The van der Waals surface area contributed by atoms with Gasteiger partial charge in [-0.2, -0.15) is 0 Å². The molecule has 0 amide bonds.